The summed E-state index contributed by atoms with van der Waals surface area (Å²) >= 11 is 0. The maximum Gasteiger partial charge on any atom is 0.238 e. The molecule has 1 fully saturated rings. The lowest BCUT2D eigenvalue weighted by molar-refractivity contribution is -0.120. The second-order valence-corrected chi connectivity index (χ2v) is 6.95. The highest BCUT2D eigenvalue weighted by Crippen LogP contribution is 2.14. The second-order valence-electron chi connectivity index (χ2n) is 4.74. The van der Waals surface area contributed by atoms with Crippen molar-refractivity contribution in [3.63, 3.8) is 0 Å². The highest BCUT2D eigenvalue weighted by molar-refractivity contribution is 7.92. The quantitative estimate of drug-likeness (QED) is 0.857. The van der Waals surface area contributed by atoms with E-state index in [1.165, 1.54) is 19.2 Å². The summed E-state index contributed by atoms with van der Waals surface area (Å²) in [4.78, 5) is 15.7. The van der Waals surface area contributed by atoms with Crippen LogP contribution in [-0.4, -0.2) is 43.8 Å². The molecule has 20 heavy (non-hydrogen) atoms. The van der Waals surface area contributed by atoms with Crippen LogP contribution < -0.4 is 5.32 Å². The summed E-state index contributed by atoms with van der Waals surface area (Å²) in [6, 6.07) is 4.59. The van der Waals surface area contributed by atoms with E-state index in [1.807, 2.05) is 0 Å². The molecule has 2 atom stereocenters. The molecule has 0 bridgehead atoms. The minimum atomic E-state index is -3.75. The number of nitrogens with one attached hydrogen (secondary N) is 1. The number of hydrogen-bond acceptors (Lipinski definition) is 5. The molecule has 2 heterocycles. The molecular weight excluding hydrogens is 280 g/mol. The average Bonchev–Trinajstić information content (AvgIpc) is 2.98. The lowest BCUT2D eigenvalue weighted by atomic mass is 10.2. The number of pyridine rings is 1. The molecule has 1 aliphatic heterocycles. The average molecular weight is 298 g/mol. The molecule has 1 saturated heterocycles. The molecule has 0 saturated carbocycles. The van der Waals surface area contributed by atoms with Crippen LogP contribution >= 0.6 is 0 Å². The molecule has 7 heteroatoms. The van der Waals surface area contributed by atoms with E-state index in [0.29, 0.717) is 13.2 Å². The summed E-state index contributed by atoms with van der Waals surface area (Å²) in [5.74, 6) is -0.522. The summed E-state index contributed by atoms with van der Waals surface area (Å²) in [6.07, 6.45) is 3.25. The number of hydrogen-bond donors (Lipinski definition) is 1. The van der Waals surface area contributed by atoms with Gasteiger partial charge in [0.05, 0.1) is 6.10 Å². The summed E-state index contributed by atoms with van der Waals surface area (Å²) in [6.45, 7) is 2.41. The number of aromatic nitrogens is 1. The van der Waals surface area contributed by atoms with Gasteiger partial charge in [0.25, 0.3) is 0 Å². The Morgan fingerprint density at radius 1 is 1.55 bits per heavy atom. The van der Waals surface area contributed by atoms with Gasteiger partial charge in [-0.2, -0.15) is 0 Å². The van der Waals surface area contributed by atoms with Crippen molar-refractivity contribution in [1.29, 1.82) is 0 Å². The van der Waals surface area contributed by atoms with Crippen molar-refractivity contribution in [3.05, 3.63) is 24.4 Å². The predicted molar refractivity (Wildman–Crippen MR) is 72.9 cm³/mol. The first-order chi connectivity index (χ1) is 9.51. The molecule has 0 spiro atoms. The van der Waals surface area contributed by atoms with E-state index in [2.05, 4.69) is 10.3 Å². The van der Waals surface area contributed by atoms with Crippen LogP contribution in [0.25, 0.3) is 0 Å². The smallest absolute Gasteiger partial charge is 0.238 e. The van der Waals surface area contributed by atoms with Crippen molar-refractivity contribution in [2.45, 2.75) is 36.1 Å². The highest BCUT2D eigenvalue weighted by Gasteiger charge is 2.31. The fraction of sp³-hybridized carbons (Fsp3) is 0.538. The molecule has 2 rings (SSSR count). The highest BCUT2D eigenvalue weighted by atomic mass is 32.2. The fourth-order valence-corrected chi connectivity index (χ4v) is 3.20. The lowest BCUT2D eigenvalue weighted by Gasteiger charge is -2.15. The van der Waals surface area contributed by atoms with Crippen molar-refractivity contribution in [2.24, 2.45) is 0 Å². The Hall–Kier alpha value is -1.47. The van der Waals surface area contributed by atoms with E-state index in [0.717, 1.165) is 12.8 Å². The van der Waals surface area contributed by atoms with Crippen LogP contribution in [0.1, 0.15) is 19.8 Å². The van der Waals surface area contributed by atoms with Crippen molar-refractivity contribution in [3.8, 4) is 0 Å². The van der Waals surface area contributed by atoms with E-state index in [9.17, 15) is 13.2 Å². The maximum atomic E-state index is 12.2. The first kappa shape index (κ1) is 14.9. The van der Waals surface area contributed by atoms with E-state index in [-0.39, 0.29) is 11.1 Å². The zero-order chi connectivity index (χ0) is 14.6. The van der Waals surface area contributed by atoms with Gasteiger partial charge in [0.1, 0.15) is 5.25 Å². The molecular formula is C13H18N2O4S. The van der Waals surface area contributed by atoms with Crippen LogP contribution in [0.5, 0.6) is 0 Å². The van der Waals surface area contributed by atoms with Gasteiger partial charge in [-0.15, -0.1) is 0 Å². The van der Waals surface area contributed by atoms with Gasteiger partial charge < -0.3 is 10.1 Å². The molecule has 110 valence electrons. The van der Waals surface area contributed by atoms with Crippen LogP contribution in [0, 0.1) is 0 Å². The summed E-state index contributed by atoms with van der Waals surface area (Å²) in [5.41, 5.74) is 0. The molecule has 0 aromatic carbocycles. The van der Waals surface area contributed by atoms with Gasteiger partial charge in [0.15, 0.2) is 5.03 Å². The molecule has 1 aromatic heterocycles. The number of amides is 1. The lowest BCUT2D eigenvalue weighted by Crippen LogP contribution is -2.41. The first-order valence-corrected chi connectivity index (χ1v) is 8.10. The molecule has 1 N–H and O–H groups in total. The van der Waals surface area contributed by atoms with Gasteiger partial charge in [0, 0.05) is 19.3 Å². The normalized spacial score (nSPS) is 20.6. The Labute approximate surface area is 118 Å². The Morgan fingerprint density at radius 2 is 2.35 bits per heavy atom. The molecule has 0 unspecified atom stereocenters. The summed E-state index contributed by atoms with van der Waals surface area (Å²) in [7, 11) is -3.75. The number of rotatable bonds is 5. The van der Waals surface area contributed by atoms with E-state index >= 15 is 0 Å². The Balaban J connectivity index is 1.98. The topological polar surface area (TPSA) is 85.4 Å². The van der Waals surface area contributed by atoms with Crippen molar-refractivity contribution < 1.29 is 17.9 Å². The molecule has 0 radical (unpaired) electrons. The Kier molecular flexibility index (Phi) is 4.72. The van der Waals surface area contributed by atoms with Crippen LogP contribution in [0.3, 0.4) is 0 Å². The largest absolute Gasteiger partial charge is 0.376 e. The zero-order valence-electron chi connectivity index (χ0n) is 11.3. The second kappa shape index (κ2) is 6.32. The third kappa shape index (κ3) is 3.34. The number of ether oxygens (including phenoxy) is 1. The maximum absolute atomic E-state index is 12.2. The minimum absolute atomic E-state index is 0.0105. The number of carbonyl (C=O) groups excluding carboxylic acids is 1. The van der Waals surface area contributed by atoms with E-state index in [1.54, 1.807) is 12.1 Å². The Morgan fingerprint density at radius 3 is 2.95 bits per heavy atom. The van der Waals surface area contributed by atoms with Gasteiger partial charge in [-0.05, 0) is 31.9 Å². The van der Waals surface area contributed by atoms with Gasteiger partial charge >= 0.3 is 0 Å². The van der Waals surface area contributed by atoms with Crippen molar-refractivity contribution in [2.75, 3.05) is 13.2 Å². The van der Waals surface area contributed by atoms with Gasteiger partial charge in [-0.1, -0.05) is 6.07 Å². The minimum Gasteiger partial charge on any atom is -0.376 e. The molecule has 6 nitrogen and oxygen atoms in total. The van der Waals surface area contributed by atoms with Crippen LogP contribution in [0.2, 0.25) is 0 Å². The van der Waals surface area contributed by atoms with Crippen LogP contribution in [0.15, 0.2) is 29.4 Å². The SMILES string of the molecule is C[C@@H](C(=O)NC[C@H]1CCCO1)S(=O)(=O)c1ccccn1. The fourth-order valence-electron chi connectivity index (χ4n) is 2.00. The van der Waals surface area contributed by atoms with E-state index < -0.39 is 21.0 Å². The standard InChI is InChI=1S/C13H18N2O4S/c1-10(13(16)15-9-11-5-4-8-19-11)20(17,18)12-6-2-3-7-14-12/h2-3,6-7,10-11H,4-5,8-9H2,1H3,(H,15,16)/t10-,11+/m0/s1. The third-order valence-electron chi connectivity index (χ3n) is 3.29. The Bertz CT molecular complexity index is 553. The van der Waals surface area contributed by atoms with Gasteiger partial charge in [0.2, 0.25) is 15.7 Å². The summed E-state index contributed by atoms with van der Waals surface area (Å²) < 4.78 is 29.8. The van der Waals surface area contributed by atoms with Gasteiger partial charge in [-0.3, -0.25) is 4.79 Å². The first-order valence-electron chi connectivity index (χ1n) is 6.56. The van der Waals surface area contributed by atoms with E-state index in [4.69, 9.17) is 4.74 Å². The molecule has 1 aromatic rings. The number of carbonyl (C=O) groups is 1. The number of nitrogens with zero attached hydrogens (tertiary/aromatic N) is 1. The molecule has 1 amide bonds. The van der Waals surface area contributed by atoms with Crippen LogP contribution in [0.4, 0.5) is 0 Å². The monoisotopic (exact) mass is 298 g/mol. The predicted octanol–water partition coefficient (Wildman–Crippen LogP) is 0.539. The number of sulfone groups is 1. The molecule has 1 aliphatic rings. The third-order valence-corrected chi connectivity index (χ3v) is 5.26. The van der Waals surface area contributed by atoms with Crippen molar-refractivity contribution in [1.82, 2.24) is 10.3 Å². The van der Waals surface area contributed by atoms with Crippen LogP contribution in [-0.2, 0) is 19.4 Å². The zero-order valence-corrected chi connectivity index (χ0v) is 12.1. The molecule has 0 aliphatic carbocycles. The summed E-state index contributed by atoms with van der Waals surface area (Å²) in [5, 5.41) is 1.38. The van der Waals surface area contributed by atoms with Gasteiger partial charge in [-0.25, -0.2) is 13.4 Å². The van der Waals surface area contributed by atoms with Crippen molar-refractivity contribution >= 4 is 15.7 Å².